The Hall–Kier alpha value is -3.69. The average Bonchev–Trinajstić information content (AvgIpc) is 3.30. The number of rotatable bonds is 10. The van der Waals surface area contributed by atoms with E-state index in [-0.39, 0.29) is 34.2 Å². The second-order valence-corrected chi connectivity index (χ2v) is 13.4. The van der Waals surface area contributed by atoms with Crippen LogP contribution in [-0.2, 0) is 43.5 Å². The number of anilines is 1. The van der Waals surface area contributed by atoms with Gasteiger partial charge in [-0.3, -0.25) is 19.7 Å². The van der Waals surface area contributed by atoms with Crippen molar-refractivity contribution >= 4 is 71.2 Å². The van der Waals surface area contributed by atoms with E-state index in [1.807, 2.05) is 0 Å². The lowest BCUT2D eigenvalue weighted by Crippen LogP contribution is -2.28. The summed E-state index contributed by atoms with van der Waals surface area (Å²) in [6.45, 7) is 5.73. The van der Waals surface area contributed by atoms with Crippen molar-refractivity contribution in [3.05, 3.63) is 61.8 Å². The number of thiophene rings is 1. The highest BCUT2D eigenvalue weighted by Crippen LogP contribution is 2.38. The van der Waals surface area contributed by atoms with Gasteiger partial charge in [0.05, 0.1) is 27.3 Å². The van der Waals surface area contributed by atoms with E-state index in [0.717, 1.165) is 47.5 Å². The van der Waals surface area contributed by atoms with Gasteiger partial charge in [-0.25, -0.2) is 13.2 Å². The van der Waals surface area contributed by atoms with E-state index in [9.17, 15) is 32.9 Å². The number of nitrogens with one attached hydrogen (secondary N) is 1. The molecule has 0 atom stereocenters. The first-order chi connectivity index (χ1) is 19.5. The Balaban J connectivity index is 1.53. The van der Waals surface area contributed by atoms with Crippen LogP contribution in [0, 0.1) is 10.1 Å². The number of aryl methyl sites for hydroxylation is 1. The number of thiazole rings is 1. The number of hydrogen-bond donors (Lipinski definition) is 1. The molecule has 2 aromatic heterocycles. The van der Waals surface area contributed by atoms with E-state index in [4.69, 9.17) is 4.74 Å². The Morgan fingerprint density at radius 3 is 2.66 bits per heavy atom. The Bertz CT molecular complexity index is 1720. The number of nitrogens with zero attached hydrogens (tertiary/aromatic N) is 3. The van der Waals surface area contributed by atoms with Crippen LogP contribution in [0.1, 0.15) is 47.0 Å². The quantitative estimate of drug-likeness (QED) is 0.117. The summed E-state index contributed by atoms with van der Waals surface area (Å²) in [7, 11) is -4.23. The molecule has 218 valence electrons. The highest BCUT2D eigenvalue weighted by atomic mass is 32.2. The van der Waals surface area contributed by atoms with Crippen LogP contribution in [0.25, 0.3) is 10.2 Å². The van der Waals surface area contributed by atoms with E-state index in [0.29, 0.717) is 16.6 Å². The summed E-state index contributed by atoms with van der Waals surface area (Å²) in [6.07, 6.45) is 5.85. The fourth-order valence-electron chi connectivity index (χ4n) is 4.56. The molecule has 0 bridgehead atoms. The van der Waals surface area contributed by atoms with Crippen molar-refractivity contribution in [2.24, 2.45) is 4.99 Å². The second-order valence-electron chi connectivity index (χ2n) is 9.27. The predicted molar refractivity (Wildman–Crippen MR) is 156 cm³/mol. The number of ether oxygens (including phenoxy) is 1. The highest BCUT2D eigenvalue weighted by molar-refractivity contribution is 7.92. The summed E-state index contributed by atoms with van der Waals surface area (Å²) < 4.78 is 32.8. The first kappa shape index (κ1) is 30.3. The maximum absolute atomic E-state index is 12.8. The number of nitro groups is 1. The van der Waals surface area contributed by atoms with Gasteiger partial charge in [0, 0.05) is 23.6 Å². The molecule has 1 aromatic carbocycles. The maximum atomic E-state index is 12.8. The van der Waals surface area contributed by atoms with E-state index < -0.39 is 44.0 Å². The minimum atomic E-state index is -4.23. The molecule has 1 aliphatic carbocycles. The molecule has 0 saturated carbocycles. The summed E-state index contributed by atoms with van der Waals surface area (Å²) in [5.74, 6) is -4.44. The largest absolute Gasteiger partial charge is 0.462 e. The fourth-order valence-corrected chi connectivity index (χ4v) is 7.95. The van der Waals surface area contributed by atoms with Crippen LogP contribution in [-0.4, -0.2) is 53.8 Å². The zero-order chi connectivity index (χ0) is 29.7. The van der Waals surface area contributed by atoms with Crippen LogP contribution in [0.2, 0.25) is 0 Å². The minimum absolute atomic E-state index is 0.135. The van der Waals surface area contributed by atoms with Gasteiger partial charge in [0.15, 0.2) is 14.6 Å². The number of carbonyl (C=O) groups excluding carboxylic acids is 3. The Labute approximate surface area is 243 Å². The van der Waals surface area contributed by atoms with Gasteiger partial charge in [-0.15, -0.1) is 17.9 Å². The van der Waals surface area contributed by atoms with Crippen molar-refractivity contribution in [3.63, 3.8) is 0 Å². The van der Waals surface area contributed by atoms with Gasteiger partial charge in [0.2, 0.25) is 5.91 Å². The predicted octanol–water partition coefficient (Wildman–Crippen LogP) is 3.78. The van der Waals surface area contributed by atoms with Gasteiger partial charge in [0.25, 0.3) is 11.6 Å². The maximum Gasteiger partial charge on any atom is 0.341 e. The number of nitro benzene ring substituents is 1. The third kappa shape index (κ3) is 7.15. The van der Waals surface area contributed by atoms with Crippen molar-refractivity contribution in [2.75, 3.05) is 23.4 Å². The number of allylic oxidation sites excluding steroid dienone is 1. The summed E-state index contributed by atoms with van der Waals surface area (Å²) in [6, 6.07) is 4.19. The second kappa shape index (κ2) is 12.9. The van der Waals surface area contributed by atoms with Crippen LogP contribution >= 0.6 is 22.7 Å². The molecular weight excluding hydrogens is 593 g/mol. The molecule has 0 saturated heterocycles. The zero-order valence-corrected chi connectivity index (χ0v) is 24.7. The SMILES string of the molecule is C=CCn1c(=NC(=O)CS(=O)(=O)CC(=O)Nc2sc3c(c2C(=O)OCC)CCCCC3)sc2cc([N+](=O)[O-])ccc21. The van der Waals surface area contributed by atoms with Gasteiger partial charge in [-0.05, 0) is 44.2 Å². The molecule has 1 N–H and O–H groups in total. The number of sulfone groups is 1. The molecule has 3 aromatic rings. The summed E-state index contributed by atoms with van der Waals surface area (Å²) in [4.78, 5) is 53.8. The Morgan fingerprint density at radius 2 is 1.95 bits per heavy atom. The number of hydrogen-bond acceptors (Lipinski definition) is 10. The van der Waals surface area contributed by atoms with E-state index >= 15 is 0 Å². The molecule has 2 heterocycles. The number of fused-ring (bicyclic) bond motifs is 2. The highest BCUT2D eigenvalue weighted by Gasteiger charge is 2.28. The molecule has 2 amide bonds. The van der Waals surface area contributed by atoms with Crippen molar-refractivity contribution in [1.29, 1.82) is 0 Å². The van der Waals surface area contributed by atoms with E-state index in [1.165, 1.54) is 29.5 Å². The first-order valence-corrected chi connectivity index (χ1v) is 16.3. The molecule has 0 aliphatic heterocycles. The molecule has 0 spiro atoms. The number of non-ortho nitro benzene ring substituents is 1. The van der Waals surface area contributed by atoms with Crippen LogP contribution < -0.4 is 10.1 Å². The third-order valence-electron chi connectivity index (χ3n) is 6.26. The lowest BCUT2D eigenvalue weighted by atomic mass is 10.1. The van der Waals surface area contributed by atoms with E-state index in [2.05, 4.69) is 16.9 Å². The smallest absolute Gasteiger partial charge is 0.341 e. The van der Waals surface area contributed by atoms with Crippen molar-refractivity contribution in [1.82, 2.24) is 4.57 Å². The van der Waals surface area contributed by atoms with Crippen LogP contribution in [0.3, 0.4) is 0 Å². The van der Waals surface area contributed by atoms with Gasteiger partial charge in [-0.2, -0.15) is 4.99 Å². The monoisotopic (exact) mass is 620 g/mol. The van der Waals surface area contributed by atoms with Gasteiger partial charge >= 0.3 is 5.97 Å². The Morgan fingerprint density at radius 1 is 1.20 bits per heavy atom. The summed E-state index contributed by atoms with van der Waals surface area (Å²) >= 11 is 2.24. The van der Waals surface area contributed by atoms with Gasteiger partial charge in [-0.1, -0.05) is 23.8 Å². The molecule has 0 unspecified atom stereocenters. The van der Waals surface area contributed by atoms with Crippen molar-refractivity contribution in [2.45, 2.75) is 45.6 Å². The summed E-state index contributed by atoms with van der Waals surface area (Å²) in [5.41, 5.74) is 1.53. The molecule has 12 nitrogen and oxygen atoms in total. The van der Waals surface area contributed by atoms with Crippen molar-refractivity contribution < 1.29 is 32.5 Å². The number of benzene rings is 1. The number of esters is 1. The lowest BCUT2D eigenvalue weighted by molar-refractivity contribution is -0.384. The zero-order valence-electron chi connectivity index (χ0n) is 22.2. The van der Waals surface area contributed by atoms with Crippen LogP contribution in [0.15, 0.2) is 35.8 Å². The van der Waals surface area contributed by atoms with E-state index in [1.54, 1.807) is 17.6 Å². The first-order valence-electron chi connectivity index (χ1n) is 12.8. The molecule has 0 radical (unpaired) electrons. The molecule has 41 heavy (non-hydrogen) atoms. The van der Waals surface area contributed by atoms with Crippen molar-refractivity contribution in [3.8, 4) is 0 Å². The molecule has 15 heteroatoms. The average molecular weight is 621 g/mol. The lowest BCUT2D eigenvalue weighted by Gasteiger charge is -2.08. The molecule has 1 aliphatic rings. The van der Waals surface area contributed by atoms with Gasteiger partial charge in [0.1, 0.15) is 16.5 Å². The van der Waals surface area contributed by atoms with Crippen LogP contribution in [0.5, 0.6) is 0 Å². The molecular formula is C26H28N4O8S3. The minimum Gasteiger partial charge on any atom is -0.462 e. The van der Waals surface area contributed by atoms with Crippen LogP contribution in [0.4, 0.5) is 10.7 Å². The number of carbonyl (C=O) groups is 3. The Kier molecular flexibility index (Phi) is 9.50. The standard InChI is InChI=1S/C26H28N4O8S3/c1-3-12-29-18-11-10-16(30(34)35)13-20(18)40-26(29)28-22(32)15-41(36,37)14-21(31)27-24-23(25(33)38-4-2)17-8-6-5-7-9-19(17)39-24/h3,10-11,13H,1,4-9,12,14-15H2,2H3,(H,27,31). The summed E-state index contributed by atoms with van der Waals surface area (Å²) in [5, 5.41) is 13.9. The fraction of sp³-hybridized carbons (Fsp3) is 0.385. The number of amides is 2. The third-order valence-corrected chi connectivity index (χ3v) is 9.89. The van der Waals surface area contributed by atoms with Gasteiger partial charge < -0.3 is 14.6 Å². The number of aromatic nitrogens is 1. The molecule has 4 rings (SSSR count). The normalized spacial score (nSPS) is 13.8. The topological polar surface area (TPSA) is 167 Å². The molecule has 0 fully saturated rings.